The normalized spacial score (nSPS) is 19.7. The van der Waals surface area contributed by atoms with Crippen LogP contribution in [0.2, 0.25) is 0 Å². The molecule has 1 N–H and O–H groups in total. The van der Waals surface area contributed by atoms with Gasteiger partial charge in [0, 0.05) is 18.7 Å². The van der Waals surface area contributed by atoms with Crippen LogP contribution in [-0.2, 0) is 11.0 Å². The molecule has 42 heavy (non-hydrogen) atoms. The monoisotopic (exact) mass is 587 g/mol. The van der Waals surface area contributed by atoms with Gasteiger partial charge < -0.3 is 15.0 Å². The number of likely N-dealkylation sites (tertiary alicyclic amines) is 2. The maximum atomic E-state index is 13.5. The number of hydrogen-bond donors (Lipinski definition) is 1. The third-order valence-corrected chi connectivity index (χ3v) is 8.77. The summed E-state index contributed by atoms with van der Waals surface area (Å²) in [5.41, 5.74) is -0.602. The predicted molar refractivity (Wildman–Crippen MR) is 153 cm³/mol. The van der Waals surface area contributed by atoms with Crippen LogP contribution in [0.4, 0.5) is 18.0 Å². The third-order valence-electron chi connectivity index (χ3n) is 8.77. The number of β-lactam (4-membered cyclic amide) rings is 1. The largest absolute Gasteiger partial charge is 0.469 e. The minimum absolute atomic E-state index is 0.0324. The van der Waals surface area contributed by atoms with Gasteiger partial charge in [0.1, 0.15) is 11.2 Å². The van der Waals surface area contributed by atoms with Gasteiger partial charge in [0.25, 0.3) is 5.91 Å². The Morgan fingerprint density at radius 1 is 1.00 bits per heavy atom. The van der Waals surface area contributed by atoms with E-state index in [4.69, 9.17) is 4.74 Å². The molecule has 228 valence electrons. The Kier molecular flexibility index (Phi) is 9.53. The Bertz CT molecular complexity index is 1250. The average Bonchev–Trinajstić information content (AvgIpc) is 2.97. The number of alkyl halides is 3. The summed E-state index contributed by atoms with van der Waals surface area (Å²) in [5, 5.41) is 2.84. The lowest BCUT2D eigenvalue weighted by atomic mass is 9.72. The van der Waals surface area contributed by atoms with E-state index in [0.717, 1.165) is 43.0 Å². The number of ether oxygens (including phenoxy) is 1. The number of hydrogen-bond acceptors (Lipinski definition) is 4. The first-order chi connectivity index (χ1) is 19.9. The zero-order valence-corrected chi connectivity index (χ0v) is 24.7. The van der Waals surface area contributed by atoms with Crippen LogP contribution in [0.25, 0.3) is 0 Å². The fourth-order valence-electron chi connectivity index (χ4n) is 5.83. The number of benzene rings is 2. The second-order valence-electron chi connectivity index (χ2n) is 11.4. The van der Waals surface area contributed by atoms with E-state index in [2.05, 4.69) is 12.2 Å². The van der Waals surface area contributed by atoms with Crippen molar-refractivity contribution in [2.75, 3.05) is 13.1 Å². The number of nitrogens with zero attached hydrogens (tertiary/aromatic N) is 2. The highest BCUT2D eigenvalue weighted by Crippen LogP contribution is 2.46. The van der Waals surface area contributed by atoms with Gasteiger partial charge in [-0.25, -0.2) is 9.69 Å². The van der Waals surface area contributed by atoms with Crippen molar-refractivity contribution in [2.24, 2.45) is 11.3 Å². The number of carbonyl (C=O) groups is 3. The number of nitrogens with one attached hydrogen (secondary N) is 1. The molecule has 4 rings (SSSR count). The Morgan fingerprint density at radius 3 is 2.12 bits per heavy atom. The molecule has 2 fully saturated rings. The molecule has 0 aromatic heterocycles. The maximum absolute atomic E-state index is 13.5. The van der Waals surface area contributed by atoms with E-state index in [-0.39, 0.29) is 11.8 Å². The third kappa shape index (κ3) is 6.27. The summed E-state index contributed by atoms with van der Waals surface area (Å²) in [6, 6.07) is 10.2. The van der Waals surface area contributed by atoms with Crippen molar-refractivity contribution in [1.29, 1.82) is 0 Å². The van der Waals surface area contributed by atoms with Crippen LogP contribution in [0.3, 0.4) is 0 Å². The molecule has 10 heteroatoms. The van der Waals surface area contributed by atoms with Gasteiger partial charge in [-0.05, 0) is 80.0 Å². The highest BCUT2D eigenvalue weighted by atomic mass is 19.4. The standard InChI is InChI=1S/C32H40F3N3O4/c1-5-8-26(22-9-13-24(14-10-22)32(33,34)35)36-30(41)38-28(40)31(6-2,7-3)29(38)42-25-15-11-23(12-16-25)27(39)37-19-17-21(4)18-20-37/h9-16,21,26,29H,5-8,17-20H2,1-4H3,(H,36,41). The molecule has 2 aromatic rings. The molecule has 0 saturated carbocycles. The van der Waals surface area contributed by atoms with E-state index >= 15 is 0 Å². The average molecular weight is 588 g/mol. The lowest BCUT2D eigenvalue weighted by molar-refractivity contribution is -0.191. The molecule has 2 aromatic carbocycles. The molecule has 4 amide bonds. The quantitative estimate of drug-likeness (QED) is 0.315. The Balaban J connectivity index is 1.50. The van der Waals surface area contributed by atoms with E-state index < -0.39 is 35.5 Å². The predicted octanol–water partition coefficient (Wildman–Crippen LogP) is 7.18. The van der Waals surface area contributed by atoms with Gasteiger partial charge in [-0.15, -0.1) is 0 Å². The van der Waals surface area contributed by atoms with Crippen molar-refractivity contribution in [2.45, 2.75) is 84.7 Å². The summed E-state index contributed by atoms with van der Waals surface area (Å²) in [5.74, 6) is 0.645. The highest BCUT2D eigenvalue weighted by Gasteiger charge is 2.63. The van der Waals surface area contributed by atoms with Crippen molar-refractivity contribution >= 4 is 17.8 Å². The first-order valence-corrected chi connectivity index (χ1v) is 14.8. The number of rotatable bonds is 9. The Labute approximate surface area is 245 Å². The lowest BCUT2D eigenvalue weighted by Gasteiger charge is -2.53. The van der Waals surface area contributed by atoms with Gasteiger partial charge in [0.2, 0.25) is 5.91 Å². The minimum atomic E-state index is -4.46. The first-order valence-electron chi connectivity index (χ1n) is 14.8. The zero-order valence-electron chi connectivity index (χ0n) is 24.7. The molecule has 0 spiro atoms. The van der Waals surface area contributed by atoms with E-state index in [1.54, 1.807) is 24.3 Å². The Morgan fingerprint density at radius 2 is 1.60 bits per heavy atom. The lowest BCUT2D eigenvalue weighted by Crippen LogP contribution is -2.73. The summed E-state index contributed by atoms with van der Waals surface area (Å²) in [6.07, 6.45) is -1.32. The smallest absolute Gasteiger partial charge is 0.416 e. The van der Waals surface area contributed by atoms with Crippen molar-refractivity contribution in [3.63, 3.8) is 0 Å². The van der Waals surface area contributed by atoms with Crippen molar-refractivity contribution < 1.29 is 32.3 Å². The minimum Gasteiger partial charge on any atom is -0.469 e. The maximum Gasteiger partial charge on any atom is 0.416 e. The fourth-order valence-corrected chi connectivity index (χ4v) is 5.83. The number of carbonyl (C=O) groups excluding carboxylic acids is 3. The van der Waals surface area contributed by atoms with Gasteiger partial charge in [0.15, 0.2) is 6.23 Å². The van der Waals surface area contributed by atoms with E-state index in [1.807, 2.05) is 25.7 Å². The van der Waals surface area contributed by atoms with Crippen molar-refractivity contribution in [3.8, 4) is 5.75 Å². The van der Waals surface area contributed by atoms with Crippen LogP contribution in [0, 0.1) is 11.3 Å². The summed E-state index contributed by atoms with van der Waals surface area (Å²) in [4.78, 5) is 42.7. The van der Waals surface area contributed by atoms with Crippen LogP contribution >= 0.6 is 0 Å². The molecule has 2 aliphatic heterocycles. The fraction of sp³-hybridized carbons (Fsp3) is 0.531. The summed E-state index contributed by atoms with van der Waals surface area (Å²) >= 11 is 0. The molecular formula is C32H40F3N3O4. The topological polar surface area (TPSA) is 79.0 Å². The van der Waals surface area contributed by atoms with E-state index in [9.17, 15) is 27.6 Å². The molecule has 2 aliphatic rings. The molecule has 7 nitrogen and oxygen atoms in total. The molecule has 2 saturated heterocycles. The van der Waals surface area contributed by atoms with E-state index in [0.29, 0.717) is 48.5 Å². The highest BCUT2D eigenvalue weighted by molar-refractivity contribution is 6.03. The van der Waals surface area contributed by atoms with Crippen LogP contribution < -0.4 is 10.1 Å². The second-order valence-corrected chi connectivity index (χ2v) is 11.4. The van der Waals surface area contributed by atoms with Crippen LogP contribution in [-0.4, -0.2) is 47.0 Å². The molecule has 2 unspecified atom stereocenters. The molecule has 2 atom stereocenters. The van der Waals surface area contributed by atoms with Gasteiger partial charge in [-0.1, -0.05) is 46.2 Å². The molecule has 0 radical (unpaired) electrons. The van der Waals surface area contributed by atoms with Gasteiger partial charge in [0.05, 0.1) is 11.6 Å². The van der Waals surface area contributed by atoms with Crippen molar-refractivity contribution in [1.82, 2.24) is 15.1 Å². The summed E-state index contributed by atoms with van der Waals surface area (Å²) in [7, 11) is 0. The number of piperidine rings is 1. The zero-order chi connectivity index (χ0) is 30.7. The van der Waals surface area contributed by atoms with Gasteiger partial charge in [-0.3, -0.25) is 9.59 Å². The van der Waals surface area contributed by atoms with Crippen LogP contribution in [0.15, 0.2) is 48.5 Å². The summed E-state index contributed by atoms with van der Waals surface area (Å²) < 4.78 is 45.4. The SMILES string of the molecule is CCCC(NC(=O)N1C(=O)C(CC)(CC)C1Oc1ccc(C(=O)N2CCC(C)CC2)cc1)c1ccc(C(F)(F)F)cc1. The molecule has 2 heterocycles. The second kappa shape index (κ2) is 12.8. The first kappa shape index (κ1) is 31.4. The molecule has 0 aliphatic carbocycles. The van der Waals surface area contributed by atoms with Crippen LogP contribution in [0.1, 0.15) is 93.7 Å². The van der Waals surface area contributed by atoms with Gasteiger partial charge in [-0.2, -0.15) is 13.2 Å². The number of urea groups is 1. The van der Waals surface area contributed by atoms with Crippen molar-refractivity contribution in [3.05, 3.63) is 65.2 Å². The number of imide groups is 1. The number of amides is 4. The van der Waals surface area contributed by atoms with Gasteiger partial charge >= 0.3 is 12.2 Å². The summed E-state index contributed by atoms with van der Waals surface area (Å²) in [6.45, 7) is 9.30. The Hall–Kier alpha value is -3.56. The van der Waals surface area contributed by atoms with Crippen LogP contribution in [0.5, 0.6) is 5.75 Å². The molecule has 0 bridgehead atoms. The number of halogens is 3. The van der Waals surface area contributed by atoms with E-state index in [1.165, 1.54) is 12.1 Å². The molecular weight excluding hydrogens is 547 g/mol.